The molecule has 1 aromatic rings. The lowest BCUT2D eigenvalue weighted by atomic mass is 9.74. The van der Waals surface area contributed by atoms with E-state index in [9.17, 15) is 5.26 Å². The third-order valence-corrected chi connectivity index (χ3v) is 4.13. The first kappa shape index (κ1) is 12.3. The molecule has 0 amide bonds. The minimum absolute atomic E-state index is 0.347. The van der Waals surface area contributed by atoms with Crippen molar-refractivity contribution in [1.29, 1.82) is 5.26 Å². The molecule has 2 unspecified atom stereocenters. The molecule has 0 bridgehead atoms. The van der Waals surface area contributed by atoms with E-state index in [2.05, 4.69) is 13.0 Å². The zero-order valence-corrected chi connectivity index (χ0v) is 10.9. The van der Waals surface area contributed by atoms with Crippen molar-refractivity contribution < 1.29 is 4.74 Å². The molecule has 3 heteroatoms. The molecule has 1 aliphatic rings. The molecule has 0 N–H and O–H groups in total. The molecule has 1 fully saturated rings. The van der Waals surface area contributed by atoms with Crippen molar-refractivity contribution in [3.63, 3.8) is 0 Å². The van der Waals surface area contributed by atoms with Crippen LogP contribution in [-0.4, -0.2) is 7.11 Å². The maximum atomic E-state index is 9.60. The van der Waals surface area contributed by atoms with Crippen molar-refractivity contribution in [3.8, 4) is 11.8 Å². The van der Waals surface area contributed by atoms with Gasteiger partial charge in [0.05, 0.1) is 18.6 Å². The Morgan fingerprint density at radius 3 is 2.82 bits per heavy atom. The van der Waals surface area contributed by atoms with Gasteiger partial charge in [-0.3, -0.25) is 0 Å². The predicted octanol–water partition coefficient (Wildman–Crippen LogP) is 3.93. The molecule has 0 spiro atoms. The van der Waals surface area contributed by atoms with Gasteiger partial charge in [-0.25, -0.2) is 0 Å². The minimum atomic E-state index is -0.434. The molecule has 0 radical (unpaired) electrons. The van der Waals surface area contributed by atoms with E-state index in [0.29, 0.717) is 10.9 Å². The molecule has 1 aliphatic carbocycles. The van der Waals surface area contributed by atoms with Gasteiger partial charge in [-0.15, -0.1) is 0 Å². The second-order valence-corrected chi connectivity index (χ2v) is 5.16. The summed E-state index contributed by atoms with van der Waals surface area (Å²) in [6.45, 7) is 2.14. The molecule has 0 aliphatic heterocycles. The Balaban J connectivity index is 2.58. The summed E-state index contributed by atoms with van der Waals surface area (Å²) in [4.78, 5) is 0. The van der Waals surface area contributed by atoms with Gasteiger partial charge >= 0.3 is 0 Å². The van der Waals surface area contributed by atoms with Crippen LogP contribution in [-0.2, 0) is 5.41 Å². The summed E-state index contributed by atoms with van der Waals surface area (Å²) in [5, 5.41) is 10.3. The number of methoxy groups -OCH3 is 1. The summed E-state index contributed by atoms with van der Waals surface area (Å²) < 4.78 is 5.38. The Hall–Kier alpha value is -1.20. The molecule has 1 aromatic carbocycles. The van der Waals surface area contributed by atoms with E-state index in [1.54, 1.807) is 13.2 Å². The minimum Gasteiger partial charge on any atom is -0.496 e. The lowest BCUT2D eigenvalue weighted by molar-refractivity contribution is 0.374. The van der Waals surface area contributed by atoms with Crippen LogP contribution >= 0.6 is 11.6 Å². The van der Waals surface area contributed by atoms with E-state index in [-0.39, 0.29) is 0 Å². The number of nitrogens with zero attached hydrogens (tertiary/aromatic N) is 1. The summed E-state index contributed by atoms with van der Waals surface area (Å²) in [7, 11) is 1.64. The number of halogens is 1. The van der Waals surface area contributed by atoms with E-state index in [0.717, 1.165) is 30.6 Å². The van der Waals surface area contributed by atoms with Gasteiger partial charge in [0.1, 0.15) is 5.75 Å². The topological polar surface area (TPSA) is 33.0 Å². The van der Waals surface area contributed by atoms with Crippen molar-refractivity contribution in [1.82, 2.24) is 0 Å². The molecule has 1 saturated carbocycles. The summed E-state index contributed by atoms with van der Waals surface area (Å²) in [6.07, 6.45) is 3.06. The normalized spacial score (nSPS) is 27.8. The van der Waals surface area contributed by atoms with Crippen LogP contribution in [0.2, 0.25) is 5.02 Å². The quantitative estimate of drug-likeness (QED) is 0.796. The van der Waals surface area contributed by atoms with Crippen LogP contribution < -0.4 is 4.74 Å². The first-order valence-corrected chi connectivity index (χ1v) is 6.27. The monoisotopic (exact) mass is 249 g/mol. The zero-order valence-electron chi connectivity index (χ0n) is 10.2. The highest BCUT2D eigenvalue weighted by Gasteiger charge is 2.44. The van der Waals surface area contributed by atoms with E-state index in [4.69, 9.17) is 16.3 Å². The number of rotatable bonds is 2. The lowest BCUT2D eigenvalue weighted by Crippen LogP contribution is -2.27. The number of nitriles is 1. The van der Waals surface area contributed by atoms with Crippen LogP contribution in [0.3, 0.4) is 0 Å². The molecule has 0 heterocycles. The summed E-state index contributed by atoms with van der Waals surface area (Å²) >= 11 is 6.05. The summed E-state index contributed by atoms with van der Waals surface area (Å²) in [5.74, 6) is 1.12. The zero-order chi connectivity index (χ0) is 12.5. The first-order valence-electron chi connectivity index (χ1n) is 5.89. The van der Waals surface area contributed by atoms with Crippen molar-refractivity contribution in [2.45, 2.75) is 31.6 Å². The SMILES string of the molecule is COc1ccc(Cl)cc1C1(C#N)CCCC1C. The van der Waals surface area contributed by atoms with Crippen molar-refractivity contribution in [3.05, 3.63) is 28.8 Å². The highest BCUT2D eigenvalue weighted by molar-refractivity contribution is 6.30. The van der Waals surface area contributed by atoms with Gasteiger partial charge < -0.3 is 4.74 Å². The number of benzene rings is 1. The second-order valence-electron chi connectivity index (χ2n) is 4.72. The molecular weight excluding hydrogens is 234 g/mol. The van der Waals surface area contributed by atoms with E-state index >= 15 is 0 Å². The fourth-order valence-corrected chi connectivity index (χ4v) is 3.01. The van der Waals surface area contributed by atoms with E-state index in [1.165, 1.54) is 0 Å². The van der Waals surface area contributed by atoms with Crippen molar-refractivity contribution in [2.75, 3.05) is 7.11 Å². The number of ether oxygens (including phenoxy) is 1. The molecule has 2 rings (SSSR count). The Morgan fingerprint density at radius 2 is 2.29 bits per heavy atom. The Bertz CT molecular complexity index is 466. The average molecular weight is 250 g/mol. The van der Waals surface area contributed by atoms with Gasteiger partial charge in [-0.2, -0.15) is 5.26 Å². The van der Waals surface area contributed by atoms with Gasteiger partial charge in [0.25, 0.3) is 0 Å². The smallest absolute Gasteiger partial charge is 0.123 e. The number of hydrogen-bond acceptors (Lipinski definition) is 2. The van der Waals surface area contributed by atoms with Crippen LogP contribution in [0.5, 0.6) is 5.75 Å². The molecule has 0 aromatic heterocycles. The van der Waals surface area contributed by atoms with Crippen LogP contribution in [0.25, 0.3) is 0 Å². The average Bonchev–Trinajstić information content (AvgIpc) is 2.71. The highest BCUT2D eigenvalue weighted by atomic mass is 35.5. The van der Waals surface area contributed by atoms with E-state index in [1.807, 2.05) is 12.1 Å². The van der Waals surface area contributed by atoms with Crippen molar-refractivity contribution >= 4 is 11.6 Å². The van der Waals surface area contributed by atoms with Crippen LogP contribution in [0.4, 0.5) is 0 Å². The van der Waals surface area contributed by atoms with Crippen LogP contribution in [0, 0.1) is 17.2 Å². The van der Waals surface area contributed by atoms with Gasteiger partial charge in [0.15, 0.2) is 0 Å². The fraction of sp³-hybridized carbons (Fsp3) is 0.500. The number of hydrogen-bond donors (Lipinski definition) is 0. The maximum absolute atomic E-state index is 9.60. The van der Waals surface area contributed by atoms with Crippen LogP contribution in [0.1, 0.15) is 31.7 Å². The molecule has 90 valence electrons. The maximum Gasteiger partial charge on any atom is 0.123 e. The van der Waals surface area contributed by atoms with Gasteiger partial charge in [-0.1, -0.05) is 24.9 Å². The molecule has 2 nitrogen and oxygen atoms in total. The Kier molecular flexibility index (Phi) is 3.31. The molecular formula is C14H16ClNO. The largest absolute Gasteiger partial charge is 0.496 e. The molecule has 2 atom stereocenters. The van der Waals surface area contributed by atoms with Crippen molar-refractivity contribution in [2.24, 2.45) is 5.92 Å². The predicted molar refractivity (Wildman–Crippen MR) is 68.3 cm³/mol. The summed E-state index contributed by atoms with van der Waals surface area (Å²) in [5.41, 5.74) is 0.510. The Labute approximate surface area is 107 Å². The lowest BCUT2D eigenvalue weighted by Gasteiger charge is -2.28. The van der Waals surface area contributed by atoms with Gasteiger partial charge in [0.2, 0.25) is 0 Å². The second kappa shape index (κ2) is 4.58. The standard InChI is InChI=1S/C14H16ClNO/c1-10-4-3-7-14(10,9-16)12-8-11(15)5-6-13(12)17-2/h5-6,8,10H,3-4,7H2,1-2H3. The fourth-order valence-electron chi connectivity index (χ4n) is 2.84. The Morgan fingerprint density at radius 1 is 1.53 bits per heavy atom. The van der Waals surface area contributed by atoms with E-state index < -0.39 is 5.41 Å². The highest BCUT2D eigenvalue weighted by Crippen LogP contribution is 2.48. The van der Waals surface area contributed by atoms with Gasteiger partial charge in [0, 0.05) is 10.6 Å². The summed E-state index contributed by atoms with van der Waals surface area (Å²) in [6, 6.07) is 8.04. The first-order chi connectivity index (χ1) is 8.14. The third kappa shape index (κ3) is 1.89. The van der Waals surface area contributed by atoms with Crippen LogP contribution in [0.15, 0.2) is 18.2 Å². The molecule has 0 saturated heterocycles. The molecule has 17 heavy (non-hydrogen) atoms. The van der Waals surface area contributed by atoms with Gasteiger partial charge in [-0.05, 0) is 37.0 Å². The third-order valence-electron chi connectivity index (χ3n) is 3.89.